The molecule has 0 aliphatic rings. The van der Waals surface area contributed by atoms with Crippen LogP contribution >= 0.6 is 0 Å². The summed E-state index contributed by atoms with van der Waals surface area (Å²) in [6, 6.07) is 10.1. The van der Waals surface area contributed by atoms with Gasteiger partial charge in [-0.3, -0.25) is 0 Å². The zero-order chi connectivity index (χ0) is 10.1. The minimum absolute atomic E-state index is 0.112. The van der Waals surface area contributed by atoms with E-state index in [2.05, 4.69) is 6.07 Å². The molecule has 2 aromatic rings. The van der Waals surface area contributed by atoms with Gasteiger partial charge in [0.1, 0.15) is 11.3 Å². The van der Waals surface area contributed by atoms with Crippen LogP contribution in [0.1, 0.15) is 24.2 Å². The van der Waals surface area contributed by atoms with Crippen LogP contribution in [0.5, 0.6) is 0 Å². The maximum atomic E-state index is 8.90. The lowest BCUT2D eigenvalue weighted by atomic mass is 9.99. The van der Waals surface area contributed by atoms with Gasteiger partial charge < -0.3 is 4.42 Å². The molecule has 14 heavy (non-hydrogen) atoms. The Hall–Kier alpha value is -1.75. The average molecular weight is 185 g/mol. The lowest BCUT2D eigenvalue weighted by Gasteiger charge is -1.99. The summed E-state index contributed by atoms with van der Waals surface area (Å²) in [5.41, 5.74) is 1.88. The fourth-order valence-corrected chi connectivity index (χ4v) is 1.79. The Morgan fingerprint density at radius 1 is 1.36 bits per heavy atom. The first-order valence-corrected chi connectivity index (χ1v) is 4.61. The van der Waals surface area contributed by atoms with Crippen LogP contribution in [0.15, 0.2) is 28.7 Å². The molecule has 1 aromatic carbocycles. The molecule has 1 heterocycles. The maximum Gasteiger partial charge on any atom is 0.134 e. The number of benzene rings is 1. The van der Waals surface area contributed by atoms with Gasteiger partial charge in [-0.15, -0.1) is 0 Å². The number of nitriles is 1. The SMILES string of the molecule is Cc1oc2ccccc2c1C(C)C#N. The van der Waals surface area contributed by atoms with Crippen LogP contribution < -0.4 is 0 Å². The number of hydrogen-bond donors (Lipinski definition) is 0. The summed E-state index contributed by atoms with van der Waals surface area (Å²) < 4.78 is 5.57. The third-order valence-electron chi connectivity index (χ3n) is 2.45. The Labute approximate surface area is 82.8 Å². The van der Waals surface area contributed by atoms with Gasteiger partial charge in [-0.05, 0) is 19.9 Å². The van der Waals surface area contributed by atoms with E-state index in [1.807, 2.05) is 38.1 Å². The first-order valence-electron chi connectivity index (χ1n) is 4.61. The van der Waals surface area contributed by atoms with E-state index in [-0.39, 0.29) is 5.92 Å². The molecule has 0 saturated heterocycles. The predicted octanol–water partition coefficient (Wildman–Crippen LogP) is 3.37. The summed E-state index contributed by atoms with van der Waals surface area (Å²) in [6.45, 7) is 3.80. The molecule has 0 amide bonds. The summed E-state index contributed by atoms with van der Waals surface area (Å²) in [5.74, 6) is 0.735. The van der Waals surface area contributed by atoms with Crippen LogP contribution in [0, 0.1) is 18.3 Å². The van der Waals surface area contributed by atoms with E-state index in [1.54, 1.807) is 0 Å². The topological polar surface area (TPSA) is 36.9 Å². The smallest absolute Gasteiger partial charge is 0.134 e. The van der Waals surface area contributed by atoms with E-state index in [9.17, 15) is 0 Å². The molecule has 1 aromatic heterocycles. The molecule has 2 heteroatoms. The highest BCUT2D eigenvalue weighted by Gasteiger charge is 2.15. The first kappa shape index (κ1) is 8.83. The summed E-state index contributed by atoms with van der Waals surface area (Å²) in [5, 5.41) is 9.95. The van der Waals surface area contributed by atoms with E-state index in [0.29, 0.717) is 0 Å². The average Bonchev–Trinajstić information content (AvgIpc) is 2.53. The van der Waals surface area contributed by atoms with Crippen molar-refractivity contribution in [3.05, 3.63) is 35.6 Å². The molecule has 0 N–H and O–H groups in total. The van der Waals surface area contributed by atoms with E-state index in [4.69, 9.17) is 9.68 Å². The van der Waals surface area contributed by atoms with Crippen molar-refractivity contribution in [2.24, 2.45) is 0 Å². The molecule has 70 valence electrons. The van der Waals surface area contributed by atoms with Crippen molar-refractivity contribution >= 4 is 11.0 Å². The van der Waals surface area contributed by atoms with Crippen LogP contribution in [-0.4, -0.2) is 0 Å². The number of furan rings is 1. The second kappa shape index (κ2) is 3.19. The molecule has 1 unspecified atom stereocenters. The van der Waals surface area contributed by atoms with Gasteiger partial charge in [-0.25, -0.2) is 0 Å². The Balaban J connectivity index is 2.75. The molecular formula is C12H11NO. The van der Waals surface area contributed by atoms with E-state index in [1.165, 1.54) is 0 Å². The highest BCUT2D eigenvalue weighted by Crippen LogP contribution is 2.30. The van der Waals surface area contributed by atoms with Crippen LogP contribution in [0.4, 0.5) is 0 Å². The van der Waals surface area contributed by atoms with Gasteiger partial charge >= 0.3 is 0 Å². The monoisotopic (exact) mass is 185 g/mol. The molecule has 0 radical (unpaired) electrons. The molecule has 1 atom stereocenters. The Morgan fingerprint density at radius 2 is 2.07 bits per heavy atom. The molecule has 0 spiro atoms. The summed E-state index contributed by atoms with van der Waals surface area (Å²) in [7, 11) is 0. The van der Waals surface area contributed by atoms with Crippen molar-refractivity contribution in [1.29, 1.82) is 5.26 Å². The first-order chi connectivity index (χ1) is 6.74. The number of nitrogens with zero attached hydrogens (tertiary/aromatic N) is 1. The van der Waals surface area contributed by atoms with E-state index < -0.39 is 0 Å². The Kier molecular flexibility index (Phi) is 2.01. The molecule has 2 nitrogen and oxygen atoms in total. The van der Waals surface area contributed by atoms with E-state index in [0.717, 1.165) is 22.3 Å². The predicted molar refractivity (Wildman–Crippen MR) is 55.0 cm³/mol. The van der Waals surface area contributed by atoms with E-state index >= 15 is 0 Å². The molecular weight excluding hydrogens is 174 g/mol. The van der Waals surface area contributed by atoms with Gasteiger partial charge in [0.2, 0.25) is 0 Å². The van der Waals surface area contributed by atoms with Gasteiger partial charge in [0.25, 0.3) is 0 Å². The quantitative estimate of drug-likeness (QED) is 0.683. The van der Waals surface area contributed by atoms with Crippen molar-refractivity contribution in [3.8, 4) is 6.07 Å². The third-order valence-corrected chi connectivity index (χ3v) is 2.45. The third kappa shape index (κ3) is 1.18. The minimum atomic E-state index is -0.112. The molecule has 0 bridgehead atoms. The number of fused-ring (bicyclic) bond motifs is 1. The summed E-state index contributed by atoms with van der Waals surface area (Å²) in [6.07, 6.45) is 0. The van der Waals surface area contributed by atoms with Gasteiger partial charge in [0.05, 0.1) is 12.0 Å². The van der Waals surface area contributed by atoms with Gasteiger partial charge in [-0.1, -0.05) is 18.2 Å². The molecule has 0 aliphatic heterocycles. The van der Waals surface area contributed by atoms with Gasteiger partial charge in [-0.2, -0.15) is 5.26 Å². The maximum absolute atomic E-state index is 8.90. The molecule has 0 fully saturated rings. The zero-order valence-electron chi connectivity index (χ0n) is 8.24. The second-order valence-corrected chi connectivity index (χ2v) is 3.42. The summed E-state index contributed by atoms with van der Waals surface area (Å²) in [4.78, 5) is 0. The van der Waals surface area contributed by atoms with Crippen LogP contribution in [-0.2, 0) is 0 Å². The Morgan fingerprint density at radius 3 is 2.79 bits per heavy atom. The van der Waals surface area contributed by atoms with Crippen molar-refractivity contribution in [2.45, 2.75) is 19.8 Å². The molecule has 0 aliphatic carbocycles. The van der Waals surface area contributed by atoms with Crippen molar-refractivity contribution in [2.75, 3.05) is 0 Å². The largest absolute Gasteiger partial charge is 0.461 e. The normalized spacial score (nSPS) is 12.6. The standard InChI is InChI=1S/C12H11NO/c1-8(7-13)12-9(2)14-11-6-4-3-5-10(11)12/h3-6,8H,1-2H3. The van der Waals surface area contributed by atoms with Gasteiger partial charge in [0.15, 0.2) is 0 Å². The number of para-hydroxylation sites is 1. The van der Waals surface area contributed by atoms with Gasteiger partial charge in [0, 0.05) is 10.9 Å². The number of rotatable bonds is 1. The molecule has 2 rings (SSSR count). The fraction of sp³-hybridized carbons (Fsp3) is 0.250. The lowest BCUT2D eigenvalue weighted by molar-refractivity contribution is 0.570. The van der Waals surface area contributed by atoms with Crippen molar-refractivity contribution in [3.63, 3.8) is 0 Å². The Bertz CT molecular complexity index is 505. The number of aryl methyl sites for hydroxylation is 1. The van der Waals surface area contributed by atoms with Crippen molar-refractivity contribution in [1.82, 2.24) is 0 Å². The van der Waals surface area contributed by atoms with Crippen molar-refractivity contribution < 1.29 is 4.42 Å². The second-order valence-electron chi connectivity index (χ2n) is 3.42. The minimum Gasteiger partial charge on any atom is -0.461 e. The zero-order valence-corrected chi connectivity index (χ0v) is 8.24. The highest BCUT2D eigenvalue weighted by atomic mass is 16.3. The van der Waals surface area contributed by atoms with Crippen LogP contribution in [0.25, 0.3) is 11.0 Å². The van der Waals surface area contributed by atoms with Crippen LogP contribution in [0.3, 0.4) is 0 Å². The molecule has 0 saturated carbocycles. The lowest BCUT2D eigenvalue weighted by Crippen LogP contribution is -1.89. The highest BCUT2D eigenvalue weighted by molar-refractivity contribution is 5.83. The summed E-state index contributed by atoms with van der Waals surface area (Å²) >= 11 is 0. The fourth-order valence-electron chi connectivity index (χ4n) is 1.79. The number of hydrogen-bond acceptors (Lipinski definition) is 2. The van der Waals surface area contributed by atoms with Crippen LogP contribution in [0.2, 0.25) is 0 Å².